The van der Waals surface area contributed by atoms with Crippen LogP contribution in [0.4, 0.5) is 0 Å². The first kappa shape index (κ1) is 13.1. The first-order valence-electron chi connectivity index (χ1n) is 6.55. The maximum Gasteiger partial charge on any atom is 0.282 e. The summed E-state index contributed by atoms with van der Waals surface area (Å²) in [6.07, 6.45) is 1.54. The van der Waals surface area contributed by atoms with Crippen molar-refractivity contribution in [2.45, 2.75) is 24.7 Å². The van der Waals surface area contributed by atoms with E-state index in [1.807, 2.05) is 31.2 Å². The third-order valence-electron chi connectivity index (χ3n) is 3.51. The van der Waals surface area contributed by atoms with E-state index in [-0.39, 0.29) is 4.90 Å². The molecule has 2 aromatic rings. The van der Waals surface area contributed by atoms with E-state index in [4.69, 9.17) is 0 Å². The number of sulfonamides is 1. The van der Waals surface area contributed by atoms with E-state index in [0.717, 1.165) is 17.5 Å². The van der Waals surface area contributed by atoms with Crippen LogP contribution in [0.25, 0.3) is 0 Å². The van der Waals surface area contributed by atoms with Gasteiger partial charge in [-0.2, -0.15) is 12.8 Å². The van der Waals surface area contributed by atoms with Crippen LogP contribution >= 0.6 is 0 Å². The van der Waals surface area contributed by atoms with Gasteiger partial charge in [0, 0.05) is 5.56 Å². The Labute approximate surface area is 119 Å². The highest BCUT2D eigenvalue weighted by Gasteiger charge is 2.21. The molecule has 0 saturated heterocycles. The highest BCUT2D eigenvalue weighted by atomic mass is 32.2. The fourth-order valence-corrected chi connectivity index (χ4v) is 3.48. The number of hydrogen-bond acceptors (Lipinski definition) is 2. The Hall–Kier alpha value is -1.94. The van der Waals surface area contributed by atoms with Crippen LogP contribution in [0.1, 0.15) is 23.1 Å². The van der Waals surface area contributed by atoms with Crippen LogP contribution in [0.3, 0.4) is 0 Å². The summed E-state index contributed by atoms with van der Waals surface area (Å²) in [5, 5.41) is 0. The van der Waals surface area contributed by atoms with Crippen molar-refractivity contribution >= 4 is 15.7 Å². The Balaban J connectivity index is 2.02. The van der Waals surface area contributed by atoms with Crippen LogP contribution in [0.15, 0.2) is 57.8 Å². The molecule has 0 bridgehead atoms. The minimum Gasteiger partial charge on any atom is -0.199 e. The topological polar surface area (TPSA) is 46.5 Å². The summed E-state index contributed by atoms with van der Waals surface area (Å²) in [5.74, 6) is 0. The molecule has 0 fully saturated rings. The van der Waals surface area contributed by atoms with Crippen LogP contribution in [-0.2, 0) is 16.4 Å². The molecule has 0 radical (unpaired) electrons. The van der Waals surface area contributed by atoms with Gasteiger partial charge in [0.15, 0.2) is 0 Å². The van der Waals surface area contributed by atoms with Gasteiger partial charge in [0.2, 0.25) is 0 Å². The van der Waals surface area contributed by atoms with Gasteiger partial charge in [0.1, 0.15) is 0 Å². The Morgan fingerprint density at radius 2 is 1.65 bits per heavy atom. The van der Waals surface area contributed by atoms with E-state index in [1.54, 1.807) is 24.3 Å². The van der Waals surface area contributed by atoms with Crippen molar-refractivity contribution in [2.24, 2.45) is 4.40 Å². The number of hydrogen-bond donors (Lipinski definition) is 0. The second-order valence-corrected chi connectivity index (χ2v) is 6.59. The molecule has 0 aromatic heterocycles. The highest BCUT2D eigenvalue weighted by Crippen LogP contribution is 2.24. The molecule has 3 nitrogen and oxygen atoms in total. The summed E-state index contributed by atoms with van der Waals surface area (Å²) >= 11 is 0. The predicted octanol–water partition coefficient (Wildman–Crippen LogP) is 3.12. The summed E-state index contributed by atoms with van der Waals surface area (Å²) in [5.41, 5.74) is 3.83. The molecule has 0 N–H and O–H groups in total. The Morgan fingerprint density at radius 3 is 2.40 bits per heavy atom. The van der Waals surface area contributed by atoms with Gasteiger partial charge in [-0.05, 0) is 37.5 Å². The zero-order valence-corrected chi connectivity index (χ0v) is 12.0. The lowest BCUT2D eigenvalue weighted by Crippen LogP contribution is -2.03. The van der Waals surface area contributed by atoms with Crippen LogP contribution in [0, 0.1) is 6.92 Å². The first-order chi connectivity index (χ1) is 9.56. The minimum atomic E-state index is -3.62. The van der Waals surface area contributed by atoms with Crippen LogP contribution in [0.2, 0.25) is 0 Å². The molecule has 3 rings (SSSR count). The van der Waals surface area contributed by atoms with Gasteiger partial charge in [-0.3, -0.25) is 0 Å². The summed E-state index contributed by atoms with van der Waals surface area (Å²) in [4.78, 5) is 0.250. The smallest absolute Gasteiger partial charge is 0.199 e. The SMILES string of the molecule is Cc1ccc(S(=O)(=O)N=C2CCc3ccccc32)cc1. The van der Waals surface area contributed by atoms with E-state index in [9.17, 15) is 8.42 Å². The lowest BCUT2D eigenvalue weighted by atomic mass is 10.1. The molecule has 0 saturated carbocycles. The Kier molecular flexibility index (Phi) is 3.18. The average molecular weight is 285 g/mol. The molecular formula is C16H15NO2S. The van der Waals surface area contributed by atoms with Gasteiger partial charge in [-0.25, -0.2) is 0 Å². The van der Waals surface area contributed by atoms with Gasteiger partial charge in [-0.1, -0.05) is 42.0 Å². The van der Waals surface area contributed by atoms with Crippen molar-refractivity contribution in [2.75, 3.05) is 0 Å². The molecule has 20 heavy (non-hydrogen) atoms. The zero-order chi connectivity index (χ0) is 14.2. The molecule has 0 spiro atoms. The molecule has 1 aliphatic carbocycles. The molecule has 4 heteroatoms. The van der Waals surface area contributed by atoms with Crippen LogP contribution in [0.5, 0.6) is 0 Å². The summed E-state index contributed by atoms with van der Waals surface area (Å²) in [6.45, 7) is 1.93. The van der Waals surface area contributed by atoms with Crippen LogP contribution in [-0.4, -0.2) is 14.1 Å². The fraction of sp³-hybridized carbons (Fsp3) is 0.188. The summed E-state index contributed by atoms with van der Waals surface area (Å²) in [7, 11) is -3.62. The second kappa shape index (κ2) is 4.87. The Morgan fingerprint density at radius 1 is 0.950 bits per heavy atom. The number of rotatable bonds is 2. The number of nitrogens with zero attached hydrogens (tertiary/aromatic N) is 1. The molecule has 0 heterocycles. The van der Waals surface area contributed by atoms with Gasteiger partial charge in [0.05, 0.1) is 10.6 Å². The molecule has 2 aromatic carbocycles. The molecule has 102 valence electrons. The highest BCUT2D eigenvalue weighted by molar-refractivity contribution is 7.90. The average Bonchev–Trinajstić information content (AvgIpc) is 2.82. The fourth-order valence-electron chi connectivity index (χ4n) is 2.41. The Bertz CT molecular complexity index is 774. The maximum atomic E-state index is 12.3. The maximum absolute atomic E-state index is 12.3. The van der Waals surface area contributed by atoms with E-state index in [2.05, 4.69) is 4.40 Å². The third-order valence-corrected chi connectivity index (χ3v) is 4.84. The number of aryl methyl sites for hydroxylation is 2. The minimum absolute atomic E-state index is 0.250. The third kappa shape index (κ3) is 2.39. The number of fused-ring (bicyclic) bond motifs is 1. The first-order valence-corrected chi connectivity index (χ1v) is 7.99. The molecule has 0 unspecified atom stereocenters. The van der Waals surface area contributed by atoms with E-state index in [0.29, 0.717) is 12.1 Å². The van der Waals surface area contributed by atoms with Crippen molar-refractivity contribution in [3.63, 3.8) is 0 Å². The second-order valence-electron chi connectivity index (χ2n) is 4.98. The van der Waals surface area contributed by atoms with Crippen molar-refractivity contribution in [1.29, 1.82) is 0 Å². The molecule has 0 atom stereocenters. The van der Waals surface area contributed by atoms with Gasteiger partial charge >= 0.3 is 0 Å². The molecule has 0 amide bonds. The van der Waals surface area contributed by atoms with E-state index in [1.165, 1.54) is 5.56 Å². The van der Waals surface area contributed by atoms with Crippen molar-refractivity contribution in [3.8, 4) is 0 Å². The monoisotopic (exact) mass is 285 g/mol. The molecule has 0 aliphatic heterocycles. The number of benzene rings is 2. The standard InChI is InChI=1S/C16H15NO2S/c1-12-6-9-14(10-7-12)20(18,19)17-16-11-8-13-4-2-3-5-15(13)16/h2-7,9-10H,8,11H2,1H3. The largest absolute Gasteiger partial charge is 0.282 e. The predicted molar refractivity (Wildman–Crippen MR) is 79.7 cm³/mol. The van der Waals surface area contributed by atoms with Crippen LogP contribution < -0.4 is 0 Å². The normalized spacial score (nSPS) is 16.4. The zero-order valence-electron chi connectivity index (χ0n) is 11.2. The summed E-state index contributed by atoms with van der Waals surface area (Å²) < 4.78 is 28.7. The van der Waals surface area contributed by atoms with Crippen molar-refractivity contribution in [1.82, 2.24) is 0 Å². The lowest BCUT2D eigenvalue weighted by Gasteiger charge is -2.02. The van der Waals surface area contributed by atoms with Gasteiger partial charge in [-0.15, -0.1) is 0 Å². The molecular weight excluding hydrogens is 270 g/mol. The van der Waals surface area contributed by atoms with Gasteiger partial charge < -0.3 is 0 Å². The van der Waals surface area contributed by atoms with Crippen molar-refractivity contribution < 1.29 is 8.42 Å². The van der Waals surface area contributed by atoms with Crippen molar-refractivity contribution in [3.05, 3.63) is 65.2 Å². The van der Waals surface area contributed by atoms with E-state index >= 15 is 0 Å². The van der Waals surface area contributed by atoms with E-state index < -0.39 is 10.0 Å². The summed E-state index contributed by atoms with van der Waals surface area (Å²) in [6, 6.07) is 14.6. The van der Waals surface area contributed by atoms with Gasteiger partial charge in [0.25, 0.3) is 10.0 Å². The molecule has 1 aliphatic rings. The quantitative estimate of drug-likeness (QED) is 0.851. The lowest BCUT2D eigenvalue weighted by molar-refractivity contribution is 0.598.